The second kappa shape index (κ2) is 7.81. The fourth-order valence-electron chi connectivity index (χ4n) is 2.29. The van der Waals surface area contributed by atoms with Gasteiger partial charge in [0.1, 0.15) is 10.9 Å². The molecule has 0 bridgehead atoms. The molecule has 9 heteroatoms. The van der Waals surface area contributed by atoms with Crippen LogP contribution in [-0.2, 0) is 4.79 Å². The van der Waals surface area contributed by atoms with E-state index in [-0.39, 0.29) is 10.9 Å². The Morgan fingerprint density at radius 1 is 1.19 bits per heavy atom. The smallest absolute Gasteiger partial charge is 0.316 e. The number of rotatable bonds is 6. The molecule has 0 fully saturated rings. The number of aliphatic carboxylic acids is 1. The minimum Gasteiger partial charge on any atom is -0.480 e. The highest BCUT2D eigenvalue weighted by molar-refractivity contribution is 8.00. The van der Waals surface area contributed by atoms with Gasteiger partial charge in [0.15, 0.2) is 5.76 Å². The number of thioether (sulfide) groups is 1. The average Bonchev–Trinajstić information content (AvgIpc) is 3.06. The Hall–Kier alpha value is -2.84. The Labute approximate surface area is 163 Å². The van der Waals surface area contributed by atoms with Gasteiger partial charge in [0, 0.05) is 28.3 Å². The predicted octanol–water partition coefficient (Wildman–Crippen LogP) is 5.14. The van der Waals surface area contributed by atoms with Gasteiger partial charge in [-0.15, -0.1) is 0 Å². The van der Waals surface area contributed by atoms with E-state index in [0.717, 1.165) is 11.8 Å². The second-order valence-corrected chi connectivity index (χ2v) is 7.30. The van der Waals surface area contributed by atoms with E-state index in [9.17, 15) is 14.9 Å². The molecule has 138 valence electrons. The molecular formula is C18H13ClN2O5S. The molecule has 1 N–H and O–H groups in total. The third kappa shape index (κ3) is 4.29. The fourth-order valence-corrected chi connectivity index (χ4v) is 3.09. The molecule has 3 aromatic rings. The van der Waals surface area contributed by atoms with Crippen LogP contribution in [0, 0.1) is 10.1 Å². The van der Waals surface area contributed by atoms with Crippen LogP contribution in [0.25, 0.3) is 22.6 Å². The molecule has 27 heavy (non-hydrogen) atoms. The van der Waals surface area contributed by atoms with Gasteiger partial charge in [-0.05, 0) is 43.3 Å². The highest BCUT2D eigenvalue weighted by atomic mass is 35.5. The van der Waals surface area contributed by atoms with E-state index in [1.54, 1.807) is 36.4 Å². The Kier molecular flexibility index (Phi) is 5.48. The molecule has 0 saturated carbocycles. The summed E-state index contributed by atoms with van der Waals surface area (Å²) in [5.74, 6) is -0.552. The second-order valence-electron chi connectivity index (χ2n) is 5.57. The summed E-state index contributed by atoms with van der Waals surface area (Å²) in [6, 6.07) is 12.8. The van der Waals surface area contributed by atoms with Crippen molar-refractivity contribution in [3.05, 3.63) is 63.7 Å². The molecule has 0 aliphatic rings. The summed E-state index contributed by atoms with van der Waals surface area (Å²) in [5.41, 5.74) is 1.75. The first-order valence-electron chi connectivity index (χ1n) is 7.76. The van der Waals surface area contributed by atoms with Gasteiger partial charge in [-0.2, -0.15) is 0 Å². The van der Waals surface area contributed by atoms with Crippen LogP contribution in [-0.4, -0.2) is 26.2 Å². The summed E-state index contributed by atoms with van der Waals surface area (Å²) in [5, 5.41) is 20.0. The molecule has 1 aromatic heterocycles. The van der Waals surface area contributed by atoms with E-state index >= 15 is 0 Å². The number of nitro groups is 1. The third-order valence-corrected chi connectivity index (χ3v) is 4.87. The van der Waals surface area contributed by atoms with Gasteiger partial charge in [0.25, 0.3) is 10.9 Å². The standard InChI is InChI=1S/C18H13ClN2O5S/c1-10(17(22)23)27-18-20-15(11-4-8-14(9-5-11)21(24)25)16(26-18)12-2-6-13(19)7-3-12/h2-10H,1H3,(H,22,23). The minimum absolute atomic E-state index is 0.0376. The summed E-state index contributed by atoms with van der Waals surface area (Å²) >= 11 is 6.91. The largest absolute Gasteiger partial charge is 0.480 e. The summed E-state index contributed by atoms with van der Waals surface area (Å²) in [6.45, 7) is 1.53. The van der Waals surface area contributed by atoms with E-state index in [0.29, 0.717) is 27.6 Å². The molecule has 1 atom stereocenters. The molecule has 0 saturated heterocycles. The van der Waals surface area contributed by atoms with Crippen molar-refractivity contribution in [1.29, 1.82) is 0 Å². The molecule has 0 amide bonds. The minimum atomic E-state index is -0.983. The van der Waals surface area contributed by atoms with Crippen molar-refractivity contribution in [2.45, 2.75) is 17.4 Å². The fraction of sp³-hybridized carbons (Fsp3) is 0.111. The van der Waals surface area contributed by atoms with E-state index in [2.05, 4.69) is 4.98 Å². The van der Waals surface area contributed by atoms with Crippen LogP contribution >= 0.6 is 23.4 Å². The lowest BCUT2D eigenvalue weighted by atomic mass is 10.1. The summed E-state index contributed by atoms with van der Waals surface area (Å²) < 4.78 is 5.81. The van der Waals surface area contributed by atoms with Crippen molar-refractivity contribution < 1.29 is 19.2 Å². The van der Waals surface area contributed by atoms with Gasteiger partial charge in [-0.25, -0.2) is 4.98 Å². The zero-order valence-corrected chi connectivity index (χ0v) is 15.5. The Bertz CT molecular complexity index is 986. The highest BCUT2D eigenvalue weighted by Crippen LogP contribution is 2.37. The maximum absolute atomic E-state index is 11.1. The molecule has 1 heterocycles. The van der Waals surface area contributed by atoms with Crippen LogP contribution in [0.15, 0.2) is 58.2 Å². The number of halogens is 1. The van der Waals surface area contributed by atoms with Crippen molar-refractivity contribution in [2.75, 3.05) is 0 Å². The molecular weight excluding hydrogens is 392 g/mol. The number of carboxylic acid groups (broad SMARTS) is 1. The number of benzene rings is 2. The molecule has 2 aromatic carbocycles. The van der Waals surface area contributed by atoms with Gasteiger partial charge in [0.2, 0.25) is 0 Å². The molecule has 3 rings (SSSR count). The number of hydrogen-bond acceptors (Lipinski definition) is 6. The molecule has 0 aliphatic carbocycles. The summed E-state index contributed by atoms with van der Waals surface area (Å²) in [4.78, 5) is 25.9. The zero-order valence-electron chi connectivity index (χ0n) is 14.0. The lowest BCUT2D eigenvalue weighted by Crippen LogP contribution is -2.10. The number of oxazole rings is 1. The number of non-ortho nitro benzene ring substituents is 1. The van der Waals surface area contributed by atoms with Crippen molar-refractivity contribution in [3.63, 3.8) is 0 Å². The first-order chi connectivity index (χ1) is 12.8. The van der Waals surface area contributed by atoms with Crippen LogP contribution in [0.5, 0.6) is 0 Å². The SMILES string of the molecule is CC(Sc1nc(-c2ccc([N+](=O)[O-])cc2)c(-c2ccc(Cl)cc2)o1)C(=O)O. The third-order valence-electron chi connectivity index (χ3n) is 3.69. The van der Waals surface area contributed by atoms with Crippen molar-refractivity contribution >= 4 is 35.0 Å². The number of hydrogen-bond donors (Lipinski definition) is 1. The van der Waals surface area contributed by atoms with Crippen LogP contribution in [0.3, 0.4) is 0 Å². The van der Waals surface area contributed by atoms with Crippen LogP contribution in [0.4, 0.5) is 5.69 Å². The Morgan fingerprint density at radius 2 is 1.78 bits per heavy atom. The molecule has 0 aliphatic heterocycles. The van der Waals surface area contributed by atoms with Gasteiger partial charge < -0.3 is 9.52 Å². The maximum Gasteiger partial charge on any atom is 0.316 e. The molecule has 0 spiro atoms. The number of carboxylic acids is 1. The monoisotopic (exact) mass is 404 g/mol. The number of nitrogens with zero attached hydrogens (tertiary/aromatic N) is 2. The van der Waals surface area contributed by atoms with E-state index in [1.807, 2.05) is 0 Å². The van der Waals surface area contributed by atoms with Gasteiger partial charge in [0.05, 0.1) is 4.92 Å². The van der Waals surface area contributed by atoms with Crippen LogP contribution < -0.4 is 0 Å². The predicted molar refractivity (Wildman–Crippen MR) is 102 cm³/mol. The Balaban J connectivity index is 2.06. The first kappa shape index (κ1) is 18.9. The van der Waals surface area contributed by atoms with Gasteiger partial charge >= 0.3 is 5.97 Å². The quantitative estimate of drug-likeness (QED) is 0.344. The molecule has 0 radical (unpaired) electrons. The van der Waals surface area contributed by atoms with Crippen LogP contribution in [0.1, 0.15) is 6.92 Å². The van der Waals surface area contributed by atoms with Crippen LogP contribution in [0.2, 0.25) is 5.02 Å². The topological polar surface area (TPSA) is 106 Å². The first-order valence-corrected chi connectivity index (χ1v) is 9.02. The van der Waals surface area contributed by atoms with E-state index < -0.39 is 16.1 Å². The summed E-state index contributed by atoms with van der Waals surface area (Å²) in [6.07, 6.45) is 0. The van der Waals surface area contributed by atoms with E-state index in [4.69, 9.17) is 21.1 Å². The normalized spacial score (nSPS) is 11.9. The lowest BCUT2D eigenvalue weighted by Gasteiger charge is -2.02. The molecule has 1 unspecified atom stereocenters. The number of nitro benzene ring substituents is 1. The van der Waals surface area contributed by atoms with Gasteiger partial charge in [-0.3, -0.25) is 14.9 Å². The number of aromatic nitrogens is 1. The Morgan fingerprint density at radius 3 is 2.33 bits per heavy atom. The molecule has 7 nitrogen and oxygen atoms in total. The average molecular weight is 405 g/mol. The number of carbonyl (C=O) groups is 1. The highest BCUT2D eigenvalue weighted by Gasteiger charge is 2.22. The van der Waals surface area contributed by atoms with Crippen molar-refractivity contribution in [2.24, 2.45) is 0 Å². The van der Waals surface area contributed by atoms with Crippen molar-refractivity contribution in [3.8, 4) is 22.6 Å². The van der Waals surface area contributed by atoms with Gasteiger partial charge in [-0.1, -0.05) is 23.4 Å². The summed E-state index contributed by atoms with van der Waals surface area (Å²) in [7, 11) is 0. The lowest BCUT2D eigenvalue weighted by molar-refractivity contribution is -0.384. The van der Waals surface area contributed by atoms with Crippen molar-refractivity contribution in [1.82, 2.24) is 4.98 Å². The zero-order chi connectivity index (χ0) is 19.6. The maximum atomic E-state index is 11.1. The van der Waals surface area contributed by atoms with E-state index in [1.165, 1.54) is 19.1 Å².